The second-order valence-corrected chi connectivity index (χ2v) is 6.57. The van der Waals surface area contributed by atoms with Gasteiger partial charge in [-0.15, -0.1) is 0 Å². The number of ether oxygens (including phenoxy) is 1. The lowest BCUT2D eigenvalue weighted by Gasteiger charge is -2.23. The molecule has 0 aliphatic carbocycles. The number of hydrogen-bond acceptors (Lipinski definition) is 3. The third kappa shape index (κ3) is 3.48. The zero-order valence-electron chi connectivity index (χ0n) is 10.6. The summed E-state index contributed by atoms with van der Waals surface area (Å²) in [5.74, 6) is 0.475. The molecule has 18 heavy (non-hydrogen) atoms. The second kappa shape index (κ2) is 6.06. The number of rotatable bonds is 5. The summed E-state index contributed by atoms with van der Waals surface area (Å²) in [5, 5.41) is 9.85. The van der Waals surface area contributed by atoms with Crippen molar-refractivity contribution in [2.75, 3.05) is 7.11 Å². The molecule has 0 amide bonds. The molecule has 1 N–H and O–H groups in total. The van der Waals surface area contributed by atoms with Gasteiger partial charge in [0.15, 0.2) is 11.5 Å². The van der Waals surface area contributed by atoms with E-state index in [0.717, 1.165) is 16.3 Å². The highest BCUT2D eigenvalue weighted by atomic mass is 79.9. The van der Waals surface area contributed by atoms with Crippen molar-refractivity contribution in [3.05, 3.63) is 20.6 Å². The standard InChI is InChI=1S/C13H16Br2O3/c1-13(2,4-5-16)7-8-6-9(14)11(17)12(18-3)10(8)15/h5-6,17H,4,7H2,1-3H3. The van der Waals surface area contributed by atoms with Crippen LogP contribution in [0.1, 0.15) is 25.8 Å². The number of phenolic OH excluding ortho intramolecular Hbond substituents is 1. The van der Waals surface area contributed by atoms with E-state index in [1.165, 1.54) is 7.11 Å². The Bertz CT molecular complexity index is 456. The highest BCUT2D eigenvalue weighted by molar-refractivity contribution is 9.11. The Kier molecular flexibility index (Phi) is 5.22. The van der Waals surface area contributed by atoms with E-state index >= 15 is 0 Å². The molecule has 0 aromatic heterocycles. The van der Waals surface area contributed by atoms with Crippen LogP contribution < -0.4 is 4.74 Å². The lowest BCUT2D eigenvalue weighted by Crippen LogP contribution is -2.16. The summed E-state index contributed by atoms with van der Waals surface area (Å²) < 4.78 is 6.48. The number of hydrogen-bond donors (Lipinski definition) is 1. The number of phenols is 1. The van der Waals surface area contributed by atoms with Crippen LogP contribution in [-0.4, -0.2) is 18.5 Å². The van der Waals surface area contributed by atoms with Crippen LogP contribution in [0.4, 0.5) is 0 Å². The lowest BCUT2D eigenvalue weighted by atomic mass is 9.83. The first-order valence-electron chi connectivity index (χ1n) is 5.50. The molecule has 0 saturated carbocycles. The molecule has 1 aromatic carbocycles. The van der Waals surface area contributed by atoms with Gasteiger partial charge in [-0.25, -0.2) is 0 Å². The first-order chi connectivity index (χ1) is 8.32. The van der Waals surface area contributed by atoms with Crippen molar-refractivity contribution in [2.45, 2.75) is 26.7 Å². The van der Waals surface area contributed by atoms with Gasteiger partial charge in [-0.1, -0.05) is 13.8 Å². The van der Waals surface area contributed by atoms with E-state index in [2.05, 4.69) is 31.9 Å². The van der Waals surface area contributed by atoms with Crippen molar-refractivity contribution < 1.29 is 14.6 Å². The van der Waals surface area contributed by atoms with Gasteiger partial charge in [0.1, 0.15) is 6.29 Å². The van der Waals surface area contributed by atoms with Crippen molar-refractivity contribution in [2.24, 2.45) is 5.41 Å². The molecule has 0 spiro atoms. The van der Waals surface area contributed by atoms with Crippen LogP contribution >= 0.6 is 31.9 Å². The molecule has 0 fully saturated rings. The van der Waals surface area contributed by atoms with Crippen LogP contribution in [-0.2, 0) is 11.2 Å². The van der Waals surface area contributed by atoms with Crippen molar-refractivity contribution in [3.8, 4) is 11.5 Å². The van der Waals surface area contributed by atoms with Crippen LogP contribution in [0.25, 0.3) is 0 Å². The zero-order chi connectivity index (χ0) is 13.9. The minimum absolute atomic E-state index is 0.0707. The molecule has 100 valence electrons. The van der Waals surface area contributed by atoms with Gasteiger partial charge in [0, 0.05) is 6.42 Å². The molecule has 0 bridgehead atoms. The molecule has 0 atom stereocenters. The van der Waals surface area contributed by atoms with Gasteiger partial charge in [0.05, 0.1) is 16.1 Å². The van der Waals surface area contributed by atoms with E-state index in [4.69, 9.17) is 4.74 Å². The molecule has 0 radical (unpaired) electrons. The average Bonchev–Trinajstić information content (AvgIpc) is 2.26. The van der Waals surface area contributed by atoms with Gasteiger partial charge in [-0.05, 0) is 55.3 Å². The van der Waals surface area contributed by atoms with Crippen LogP contribution in [0.15, 0.2) is 15.0 Å². The van der Waals surface area contributed by atoms with Crippen molar-refractivity contribution in [3.63, 3.8) is 0 Å². The number of halogens is 2. The van der Waals surface area contributed by atoms with Gasteiger partial charge in [0.25, 0.3) is 0 Å². The van der Waals surface area contributed by atoms with Gasteiger partial charge < -0.3 is 14.6 Å². The van der Waals surface area contributed by atoms with E-state index in [1.54, 1.807) is 0 Å². The summed E-state index contributed by atoms with van der Waals surface area (Å²) in [6, 6.07) is 1.84. The van der Waals surface area contributed by atoms with E-state index in [9.17, 15) is 9.90 Å². The van der Waals surface area contributed by atoms with Crippen LogP contribution in [0, 0.1) is 5.41 Å². The number of benzene rings is 1. The van der Waals surface area contributed by atoms with Gasteiger partial charge in [-0.3, -0.25) is 0 Å². The Labute approximate surface area is 124 Å². The Morgan fingerprint density at radius 1 is 1.44 bits per heavy atom. The van der Waals surface area contributed by atoms with Gasteiger partial charge >= 0.3 is 0 Å². The number of aromatic hydroxyl groups is 1. The topological polar surface area (TPSA) is 46.5 Å². The smallest absolute Gasteiger partial charge is 0.176 e. The number of aldehydes is 1. The van der Waals surface area contributed by atoms with E-state index in [1.807, 2.05) is 19.9 Å². The van der Waals surface area contributed by atoms with Crippen LogP contribution in [0.2, 0.25) is 0 Å². The predicted octanol–water partition coefficient (Wildman–Crippen LogP) is 4.08. The lowest BCUT2D eigenvalue weighted by molar-refractivity contribution is -0.109. The van der Waals surface area contributed by atoms with E-state index in [0.29, 0.717) is 23.1 Å². The highest BCUT2D eigenvalue weighted by Crippen LogP contribution is 2.44. The summed E-state index contributed by atoms with van der Waals surface area (Å²) in [6.45, 7) is 4.06. The van der Waals surface area contributed by atoms with Crippen LogP contribution in [0.5, 0.6) is 11.5 Å². The summed E-state index contributed by atoms with van der Waals surface area (Å²) in [6.07, 6.45) is 2.13. The fourth-order valence-corrected chi connectivity index (χ4v) is 2.83. The van der Waals surface area contributed by atoms with Crippen molar-refractivity contribution in [1.82, 2.24) is 0 Å². The second-order valence-electron chi connectivity index (χ2n) is 4.93. The van der Waals surface area contributed by atoms with Crippen molar-refractivity contribution >= 4 is 38.1 Å². The summed E-state index contributed by atoms with van der Waals surface area (Å²) in [7, 11) is 1.51. The third-order valence-electron chi connectivity index (χ3n) is 2.73. The largest absolute Gasteiger partial charge is 0.503 e. The Morgan fingerprint density at radius 3 is 2.56 bits per heavy atom. The predicted molar refractivity (Wildman–Crippen MR) is 78.2 cm³/mol. The Balaban J connectivity index is 3.18. The minimum atomic E-state index is -0.133. The Morgan fingerprint density at radius 2 is 2.06 bits per heavy atom. The first kappa shape index (κ1) is 15.5. The number of carbonyl (C=O) groups is 1. The number of carbonyl (C=O) groups excluding carboxylic acids is 1. The molecule has 5 heteroatoms. The van der Waals surface area contributed by atoms with Gasteiger partial charge in [-0.2, -0.15) is 0 Å². The molecule has 0 saturated heterocycles. The molecule has 0 aliphatic heterocycles. The molecular weight excluding hydrogens is 364 g/mol. The summed E-state index contributed by atoms with van der Waals surface area (Å²) in [4.78, 5) is 10.7. The molecular formula is C13H16Br2O3. The molecule has 0 heterocycles. The minimum Gasteiger partial charge on any atom is -0.503 e. The SMILES string of the molecule is COc1c(O)c(Br)cc(CC(C)(C)CC=O)c1Br. The van der Waals surface area contributed by atoms with Gasteiger partial charge in [0.2, 0.25) is 0 Å². The fraction of sp³-hybridized carbons (Fsp3) is 0.462. The molecule has 0 unspecified atom stereocenters. The number of methoxy groups -OCH3 is 1. The monoisotopic (exact) mass is 378 g/mol. The van der Waals surface area contributed by atoms with E-state index < -0.39 is 0 Å². The Hall–Kier alpha value is -0.550. The molecule has 1 aromatic rings. The zero-order valence-corrected chi connectivity index (χ0v) is 13.8. The maximum atomic E-state index is 10.7. The molecule has 1 rings (SSSR count). The van der Waals surface area contributed by atoms with Crippen molar-refractivity contribution in [1.29, 1.82) is 0 Å². The van der Waals surface area contributed by atoms with Crippen LogP contribution in [0.3, 0.4) is 0 Å². The normalized spacial score (nSPS) is 11.4. The summed E-state index contributed by atoms with van der Waals surface area (Å²) in [5.41, 5.74) is 0.856. The fourth-order valence-electron chi connectivity index (χ4n) is 1.77. The molecule has 0 aliphatic rings. The van der Waals surface area contributed by atoms with E-state index in [-0.39, 0.29) is 11.2 Å². The molecule has 3 nitrogen and oxygen atoms in total. The average molecular weight is 380 g/mol. The quantitative estimate of drug-likeness (QED) is 0.784. The maximum absolute atomic E-state index is 10.7. The highest BCUT2D eigenvalue weighted by Gasteiger charge is 2.23. The summed E-state index contributed by atoms with van der Waals surface area (Å²) >= 11 is 6.73. The maximum Gasteiger partial charge on any atom is 0.176 e. The first-order valence-corrected chi connectivity index (χ1v) is 7.08. The third-order valence-corrected chi connectivity index (χ3v) is 4.21.